The molecule has 0 aromatic carbocycles. The Morgan fingerprint density at radius 3 is 2.71 bits per heavy atom. The van der Waals surface area contributed by atoms with Crippen LogP contribution < -0.4 is 5.32 Å². The van der Waals surface area contributed by atoms with Gasteiger partial charge in [-0.15, -0.1) is 0 Å². The van der Waals surface area contributed by atoms with Gasteiger partial charge < -0.3 is 5.32 Å². The highest BCUT2D eigenvalue weighted by Crippen LogP contribution is 2.21. The lowest BCUT2D eigenvalue weighted by molar-refractivity contribution is 0.807. The van der Waals surface area contributed by atoms with Crippen LogP contribution in [0.3, 0.4) is 0 Å². The first kappa shape index (κ1) is 12.0. The molecular formula is C13H17N3S. The zero-order valence-electron chi connectivity index (χ0n) is 10.3. The topological polar surface area (TPSA) is 37.8 Å². The van der Waals surface area contributed by atoms with Crippen LogP contribution in [-0.4, -0.2) is 9.97 Å². The number of nitrogens with one attached hydrogen (secondary N) is 1. The Morgan fingerprint density at radius 1 is 1.24 bits per heavy atom. The van der Waals surface area contributed by atoms with Crippen molar-refractivity contribution in [1.82, 2.24) is 9.97 Å². The summed E-state index contributed by atoms with van der Waals surface area (Å²) in [5.41, 5.74) is 2.36. The summed E-state index contributed by atoms with van der Waals surface area (Å²) in [4.78, 5) is 8.51. The van der Waals surface area contributed by atoms with Crippen LogP contribution in [0.1, 0.15) is 44.0 Å². The Morgan fingerprint density at radius 2 is 2.06 bits per heavy atom. The summed E-state index contributed by atoms with van der Waals surface area (Å²) in [7, 11) is 0. The molecule has 1 unspecified atom stereocenters. The normalized spacial score (nSPS) is 12.7. The fourth-order valence-electron chi connectivity index (χ4n) is 1.59. The summed E-state index contributed by atoms with van der Waals surface area (Å²) in [6, 6.07) is 4.43. The van der Waals surface area contributed by atoms with E-state index in [1.807, 2.05) is 6.07 Å². The first-order valence-electron chi connectivity index (χ1n) is 5.77. The van der Waals surface area contributed by atoms with E-state index in [0.29, 0.717) is 5.92 Å². The molecule has 3 nitrogen and oxygen atoms in total. The molecule has 2 heterocycles. The molecule has 0 saturated carbocycles. The van der Waals surface area contributed by atoms with Crippen molar-refractivity contribution in [3.8, 4) is 0 Å². The van der Waals surface area contributed by atoms with Crippen LogP contribution in [0.5, 0.6) is 0 Å². The summed E-state index contributed by atoms with van der Waals surface area (Å²) < 4.78 is 0. The minimum absolute atomic E-state index is 0.274. The molecule has 2 aromatic heterocycles. The molecule has 2 rings (SSSR count). The van der Waals surface area contributed by atoms with Crippen LogP contribution in [0, 0.1) is 0 Å². The van der Waals surface area contributed by atoms with Crippen molar-refractivity contribution in [1.29, 1.82) is 0 Å². The first-order chi connectivity index (χ1) is 8.16. The van der Waals surface area contributed by atoms with Gasteiger partial charge in [0.15, 0.2) is 0 Å². The highest BCUT2D eigenvalue weighted by molar-refractivity contribution is 7.07. The molecule has 1 atom stereocenters. The van der Waals surface area contributed by atoms with Gasteiger partial charge in [0.25, 0.3) is 0 Å². The van der Waals surface area contributed by atoms with Gasteiger partial charge in [0, 0.05) is 11.8 Å². The Kier molecular flexibility index (Phi) is 3.74. The molecule has 0 aliphatic carbocycles. The van der Waals surface area contributed by atoms with Crippen molar-refractivity contribution in [3.05, 3.63) is 40.5 Å². The van der Waals surface area contributed by atoms with Crippen molar-refractivity contribution in [2.45, 2.75) is 32.7 Å². The van der Waals surface area contributed by atoms with Gasteiger partial charge in [-0.1, -0.05) is 13.8 Å². The van der Waals surface area contributed by atoms with E-state index in [4.69, 9.17) is 0 Å². The molecule has 90 valence electrons. The van der Waals surface area contributed by atoms with Gasteiger partial charge in [-0.3, -0.25) is 0 Å². The molecule has 0 amide bonds. The summed E-state index contributed by atoms with van der Waals surface area (Å²) in [5, 5.41) is 7.64. The van der Waals surface area contributed by atoms with E-state index in [2.05, 4.69) is 52.9 Å². The van der Waals surface area contributed by atoms with Gasteiger partial charge in [-0.25, -0.2) is 9.97 Å². The highest BCUT2D eigenvalue weighted by Gasteiger charge is 2.08. The van der Waals surface area contributed by atoms with Gasteiger partial charge in [0.05, 0.1) is 6.04 Å². The summed E-state index contributed by atoms with van der Waals surface area (Å²) in [6.07, 6.45) is 1.62. The molecule has 0 bridgehead atoms. The van der Waals surface area contributed by atoms with Crippen LogP contribution in [0.2, 0.25) is 0 Å². The second kappa shape index (κ2) is 5.27. The quantitative estimate of drug-likeness (QED) is 0.892. The fourth-order valence-corrected chi connectivity index (χ4v) is 2.35. The Bertz CT molecular complexity index is 465. The van der Waals surface area contributed by atoms with Crippen LogP contribution >= 0.6 is 11.3 Å². The number of rotatable bonds is 4. The molecule has 0 saturated heterocycles. The SMILES string of the molecule is CC(C)c1cc(NC(C)c2ccsc2)ncn1. The molecule has 0 fully saturated rings. The minimum Gasteiger partial charge on any atom is -0.363 e. The minimum atomic E-state index is 0.274. The average molecular weight is 247 g/mol. The van der Waals surface area contributed by atoms with Crippen LogP contribution in [0.15, 0.2) is 29.2 Å². The third kappa shape index (κ3) is 3.03. The second-order valence-electron chi connectivity index (χ2n) is 4.41. The largest absolute Gasteiger partial charge is 0.363 e. The number of hydrogen-bond donors (Lipinski definition) is 1. The molecular weight excluding hydrogens is 230 g/mol. The predicted molar refractivity (Wildman–Crippen MR) is 72.5 cm³/mol. The summed E-state index contributed by atoms with van der Waals surface area (Å²) in [5.74, 6) is 1.32. The van der Waals surface area contributed by atoms with Crippen molar-refractivity contribution in [2.24, 2.45) is 0 Å². The van der Waals surface area contributed by atoms with Crippen molar-refractivity contribution in [3.63, 3.8) is 0 Å². The van der Waals surface area contributed by atoms with Crippen LogP contribution in [0.4, 0.5) is 5.82 Å². The number of nitrogens with zero attached hydrogens (tertiary/aromatic N) is 2. The van der Waals surface area contributed by atoms with Gasteiger partial charge in [0.1, 0.15) is 12.1 Å². The smallest absolute Gasteiger partial charge is 0.130 e. The van der Waals surface area contributed by atoms with E-state index < -0.39 is 0 Å². The average Bonchev–Trinajstić information content (AvgIpc) is 2.82. The third-order valence-corrected chi connectivity index (χ3v) is 3.39. The fraction of sp³-hybridized carbons (Fsp3) is 0.385. The Balaban J connectivity index is 2.11. The van der Waals surface area contributed by atoms with Crippen LogP contribution in [0.25, 0.3) is 0 Å². The Hall–Kier alpha value is -1.42. The van der Waals surface area contributed by atoms with Crippen molar-refractivity contribution >= 4 is 17.2 Å². The van der Waals surface area contributed by atoms with E-state index in [1.54, 1.807) is 17.7 Å². The lowest BCUT2D eigenvalue weighted by Gasteiger charge is -2.14. The summed E-state index contributed by atoms with van der Waals surface area (Å²) >= 11 is 1.71. The zero-order valence-corrected chi connectivity index (χ0v) is 11.2. The van der Waals surface area contributed by atoms with Crippen molar-refractivity contribution < 1.29 is 0 Å². The highest BCUT2D eigenvalue weighted by atomic mass is 32.1. The number of hydrogen-bond acceptors (Lipinski definition) is 4. The Labute approximate surface area is 106 Å². The molecule has 2 aromatic rings. The maximum atomic E-state index is 4.26. The van der Waals surface area contributed by atoms with Gasteiger partial charge in [0.2, 0.25) is 0 Å². The maximum absolute atomic E-state index is 4.26. The first-order valence-corrected chi connectivity index (χ1v) is 6.71. The van der Waals surface area contributed by atoms with Crippen LogP contribution in [-0.2, 0) is 0 Å². The van der Waals surface area contributed by atoms with Gasteiger partial charge in [-0.05, 0) is 35.2 Å². The predicted octanol–water partition coefficient (Wildman–Crippen LogP) is 3.83. The number of thiophene rings is 1. The molecule has 0 radical (unpaired) electrons. The molecule has 17 heavy (non-hydrogen) atoms. The lowest BCUT2D eigenvalue weighted by atomic mass is 10.1. The lowest BCUT2D eigenvalue weighted by Crippen LogP contribution is -2.08. The van der Waals surface area contributed by atoms with Gasteiger partial charge in [-0.2, -0.15) is 11.3 Å². The number of aromatic nitrogens is 2. The molecule has 4 heteroatoms. The standard InChI is InChI=1S/C13H17N3S/c1-9(2)12-6-13(15-8-14-12)16-10(3)11-4-5-17-7-11/h4-10H,1-3H3,(H,14,15,16). The van der Waals surface area contributed by atoms with Gasteiger partial charge >= 0.3 is 0 Å². The van der Waals surface area contributed by atoms with E-state index in [-0.39, 0.29) is 6.04 Å². The molecule has 1 N–H and O–H groups in total. The number of anilines is 1. The van der Waals surface area contributed by atoms with E-state index in [1.165, 1.54) is 5.56 Å². The molecule has 0 aliphatic heterocycles. The van der Waals surface area contributed by atoms with Crippen molar-refractivity contribution in [2.75, 3.05) is 5.32 Å². The van der Waals surface area contributed by atoms with E-state index >= 15 is 0 Å². The summed E-state index contributed by atoms with van der Waals surface area (Å²) in [6.45, 7) is 6.40. The maximum Gasteiger partial charge on any atom is 0.130 e. The molecule has 0 aliphatic rings. The van der Waals surface area contributed by atoms with E-state index in [9.17, 15) is 0 Å². The monoisotopic (exact) mass is 247 g/mol. The second-order valence-corrected chi connectivity index (χ2v) is 5.19. The third-order valence-electron chi connectivity index (χ3n) is 2.69. The van der Waals surface area contributed by atoms with E-state index in [0.717, 1.165) is 11.5 Å². The molecule has 0 spiro atoms. The zero-order chi connectivity index (χ0) is 12.3.